The second-order valence-corrected chi connectivity index (χ2v) is 5.29. The van der Waals surface area contributed by atoms with Crippen molar-refractivity contribution in [2.24, 2.45) is 0 Å². The van der Waals surface area contributed by atoms with Gasteiger partial charge in [0.2, 0.25) is 0 Å². The number of nitrogens with zero attached hydrogens (tertiary/aromatic N) is 1. The first-order chi connectivity index (χ1) is 7.68. The van der Waals surface area contributed by atoms with E-state index in [1.807, 2.05) is 18.2 Å². The van der Waals surface area contributed by atoms with Crippen molar-refractivity contribution >= 4 is 44.3 Å². The summed E-state index contributed by atoms with van der Waals surface area (Å²) in [5.74, 6) is 0.00721. The molecule has 1 aromatic heterocycles. The molecule has 0 spiro atoms. The highest BCUT2D eigenvalue weighted by Crippen LogP contribution is 2.22. The van der Waals surface area contributed by atoms with Gasteiger partial charge in [-0.15, -0.1) is 0 Å². The Morgan fingerprint density at radius 1 is 1.19 bits per heavy atom. The van der Waals surface area contributed by atoms with Gasteiger partial charge < -0.3 is 0 Å². The van der Waals surface area contributed by atoms with Crippen LogP contribution in [0.2, 0.25) is 0 Å². The highest BCUT2D eigenvalue weighted by molar-refractivity contribution is 14.1. The lowest BCUT2D eigenvalue weighted by Gasteiger charge is -2.04. The SMILES string of the molecule is O=C(c1ccncc1)c1cc(I)ccc1Br. The molecule has 0 saturated carbocycles. The standard InChI is InChI=1S/C12H7BrINO/c13-11-2-1-9(14)7-10(11)12(16)8-3-5-15-6-4-8/h1-7H. The maximum absolute atomic E-state index is 12.2. The maximum Gasteiger partial charge on any atom is 0.194 e. The third kappa shape index (κ3) is 2.49. The summed E-state index contributed by atoms with van der Waals surface area (Å²) in [7, 11) is 0. The van der Waals surface area contributed by atoms with Crippen LogP contribution in [0.5, 0.6) is 0 Å². The number of ketones is 1. The fourth-order valence-electron chi connectivity index (χ4n) is 1.33. The molecule has 4 heteroatoms. The zero-order valence-corrected chi connectivity index (χ0v) is 11.9. The van der Waals surface area contributed by atoms with Crippen LogP contribution < -0.4 is 0 Å². The molecule has 0 bridgehead atoms. The van der Waals surface area contributed by atoms with Crippen LogP contribution in [-0.2, 0) is 0 Å². The van der Waals surface area contributed by atoms with Crippen molar-refractivity contribution in [2.75, 3.05) is 0 Å². The van der Waals surface area contributed by atoms with Crippen LogP contribution in [0.25, 0.3) is 0 Å². The van der Waals surface area contributed by atoms with E-state index in [9.17, 15) is 4.79 Å². The fourth-order valence-corrected chi connectivity index (χ4v) is 2.25. The first-order valence-corrected chi connectivity index (χ1v) is 6.45. The molecule has 0 atom stereocenters. The summed E-state index contributed by atoms with van der Waals surface area (Å²) in [6.07, 6.45) is 3.24. The molecule has 0 radical (unpaired) electrons. The van der Waals surface area contributed by atoms with Gasteiger partial charge in [0, 0.05) is 31.6 Å². The molecule has 1 heterocycles. The highest BCUT2D eigenvalue weighted by atomic mass is 127. The van der Waals surface area contributed by atoms with Gasteiger partial charge >= 0.3 is 0 Å². The summed E-state index contributed by atoms with van der Waals surface area (Å²) in [6.45, 7) is 0. The minimum Gasteiger partial charge on any atom is -0.289 e. The largest absolute Gasteiger partial charge is 0.289 e. The van der Waals surface area contributed by atoms with Gasteiger partial charge in [-0.1, -0.05) is 15.9 Å². The van der Waals surface area contributed by atoms with Gasteiger partial charge in [-0.3, -0.25) is 9.78 Å². The van der Waals surface area contributed by atoms with Crippen molar-refractivity contribution in [1.29, 1.82) is 0 Å². The summed E-state index contributed by atoms with van der Waals surface area (Å²) < 4.78 is 1.85. The maximum atomic E-state index is 12.2. The predicted molar refractivity (Wildman–Crippen MR) is 74.5 cm³/mol. The van der Waals surface area contributed by atoms with Crippen molar-refractivity contribution in [3.63, 3.8) is 0 Å². The zero-order chi connectivity index (χ0) is 11.5. The van der Waals surface area contributed by atoms with E-state index in [-0.39, 0.29) is 5.78 Å². The molecule has 0 amide bonds. The summed E-state index contributed by atoms with van der Waals surface area (Å²) in [4.78, 5) is 16.1. The van der Waals surface area contributed by atoms with Crippen molar-refractivity contribution in [2.45, 2.75) is 0 Å². The number of hydrogen-bond donors (Lipinski definition) is 0. The quantitative estimate of drug-likeness (QED) is 0.581. The lowest BCUT2D eigenvalue weighted by Crippen LogP contribution is -2.02. The van der Waals surface area contributed by atoms with Crippen LogP contribution >= 0.6 is 38.5 Å². The summed E-state index contributed by atoms with van der Waals surface area (Å²) in [5.41, 5.74) is 1.33. The van der Waals surface area contributed by atoms with E-state index >= 15 is 0 Å². The van der Waals surface area contributed by atoms with Crippen LogP contribution in [0.1, 0.15) is 15.9 Å². The van der Waals surface area contributed by atoms with E-state index < -0.39 is 0 Å². The smallest absolute Gasteiger partial charge is 0.194 e. The molecular formula is C12H7BrINO. The van der Waals surface area contributed by atoms with Crippen molar-refractivity contribution in [1.82, 2.24) is 4.98 Å². The minimum atomic E-state index is 0.00721. The number of hydrogen-bond acceptors (Lipinski definition) is 2. The lowest BCUT2D eigenvalue weighted by atomic mass is 10.1. The molecule has 0 saturated heterocycles. The molecule has 0 aliphatic heterocycles. The molecular weight excluding hydrogens is 381 g/mol. The molecule has 1 aromatic carbocycles. The molecule has 0 aliphatic rings. The number of aromatic nitrogens is 1. The molecule has 2 nitrogen and oxygen atoms in total. The van der Waals surface area contributed by atoms with E-state index in [4.69, 9.17) is 0 Å². The molecule has 16 heavy (non-hydrogen) atoms. The Labute approximate surface area is 115 Å². The third-order valence-electron chi connectivity index (χ3n) is 2.12. The Balaban J connectivity index is 2.46. The highest BCUT2D eigenvalue weighted by Gasteiger charge is 2.12. The van der Waals surface area contributed by atoms with Gasteiger partial charge in [0.15, 0.2) is 5.78 Å². The lowest BCUT2D eigenvalue weighted by molar-refractivity contribution is 0.103. The van der Waals surface area contributed by atoms with Crippen LogP contribution in [0.3, 0.4) is 0 Å². The van der Waals surface area contributed by atoms with Crippen molar-refractivity contribution in [3.05, 3.63) is 61.9 Å². The van der Waals surface area contributed by atoms with Gasteiger partial charge in [-0.05, 0) is 52.9 Å². The molecule has 0 aliphatic carbocycles. The minimum absolute atomic E-state index is 0.00721. The average molecular weight is 388 g/mol. The van der Waals surface area contributed by atoms with Gasteiger partial charge in [0.05, 0.1) is 0 Å². The fraction of sp³-hybridized carbons (Fsp3) is 0. The van der Waals surface area contributed by atoms with E-state index in [0.29, 0.717) is 11.1 Å². The van der Waals surface area contributed by atoms with Gasteiger partial charge in [0.25, 0.3) is 0 Å². The molecule has 0 fully saturated rings. The summed E-state index contributed by atoms with van der Waals surface area (Å²) >= 11 is 5.58. The number of carbonyl (C=O) groups excluding carboxylic acids is 1. The summed E-state index contributed by atoms with van der Waals surface area (Å²) in [6, 6.07) is 9.14. The van der Waals surface area contributed by atoms with E-state index in [1.165, 1.54) is 0 Å². The molecule has 2 aromatic rings. The van der Waals surface area contributed by atoms with Crippen LogP contribution in [0.15, 0.2) is 47.2 Å². The van der Waals surface area contributed by atoms with Crippen molar-refractivity contribution in [3.8, 4) is 0 Å². The Morgan fingerprint density at radius 3 is 2.56 bits per heavy atom. The number of halogens is 2. The van der Waals surface area contributed by atoms with Gasteiger partial charge in [0.1, 0.15) is 0 Å². The normalized spacial score (nSPS) is 10.1. The second kappa shape index (κ2) is 5.05. The Kier molecular flexibility index (Phi) is 3.70. The Hall–Kier alpha value is -0.750. The van der Waals surface area contributed by atoms with Crippen LogP contribution in [0, 0.1) is 3.57 Å². The summed E-state index contributed by atoms with van der Waals surface area (Å²) in [5, 5.41) is 0. The molecule has 0 N–H and O–H groups in total. The second-order valence-electron chi connectivity index (χ2n) is 3.19. The first kappa shape index (κ1) is 11.7. The molecule has 80 valence electrons. The Bertz CT molecular complexity index is 528. The third-order valence-corrected chi connectivity index (χ3v) is 3.48. The Morgan fingerprint density at radius 2 is 1.88 bits per heavy atom. The van der Waals surface area contributed by atoms with E-state index in [1.54, 1.807) is 24.5 Å². The van der Waals surface area contributed by atoms with E-state index in [0.717, 1.165) is 8.04 Å². The average Bonchev–Trinajstić information content (AvgIpc) is 2.32. The number of benzene rings is 1. The predicted octanol–water partition coefficient (Wildman–Crippen LogP) is 3.68. The first-order valence-electron chi connectivity index (χ1n) is 4.58. The van der Waals surface area contributed by atoms with Crippen LogP contribution in [0.4, 0.5) is 0 Å². The van der Waals surface area contributed by atoms with Crippen molar-refractivity contribution < 1.29 is 4.79 Å². The topological polar surface area (TPSA) is 30.0 Å². The van der Waals surface area contributed by atoms with E-state index in [2.05, 4.69) is 43.5 Å². The number of carbonyl (C=O) groups is 1. The number of pyridine rings is 1. The monoisotopic (exact) mass is 387 g/mol. The van der Waals surface area contributed by atoms with Crippen LogP contribution in [-0.4, -0.2) is 10.8 Å². The number of rotatable bonds is 2. The zero-order valence-electron chi connectivity index (χ0n) is 8.15. The van der Waals surface area contributed by atoms with Gasteiger partial charge in [-0.25, -0.2) is 0 Å². The van der Waals surface area contributed by atoms with Gasteiger partial charge in [-0.2, -0.15) is 0 Å². The molecule has 2 rings (SSSR count). The molecule has 0 unspecified atom stereocenters.